The first-order chi connectivity index (χ1) is 8.16. The number of hydrogen-bond donors (Lipinski definition) is 1. The van der Waals surface area contributed by atoms with E-state index in [1.54, 1.807) is 19.2 Å². The number of rotatable bonds is 4. The Morgan fingerprint density at radius 2 is 1.72 bits per heavy atom. The van der Waals surface area contributed by atoms with Crippen molar-refractivity contribution in [1.82, 2.24) is 4.31 Å². The molecule has 18 heavy (non-hydrogen) atoms. The van der Waals surface area contributed by atoms with Crippen molar-refractivity contribution in [3.8, 4) is 0 Å². The fraction of sp³-hybridized carbons (Fsp3) is 0.538. The van der Waals surface area contributed by atoms with Gasteiger partial charge in [-0.1, -0.05) is 13.8 Å². The molecule has 0 aliphatic heterocycles. The van der Waals surface area contributed by atoms with Gasteiger partial charge in [0.2, 0.25) is 10.0 Å². The van der Waals surface area contributed by atoms with Gasteiger partial charge in [-0.15, -0.1) is 0 Å². The van der Waals surface area contributed by atoms with Crippen molar-refractivity contribution in [3.05, 3.63) is 23.3 Å². The van der Waals surface area contributed by atoms with Crippen LogP contribution in [0, 0.1) is 19.8 Å². The van der Waals surface area contributed by atoms with E-state index in [9.17, 15) is 8.42 Å². The molecule has 2 N–H and O–H groups in total. The molecule has 0 aliphatic carbocycles. The number of aryl methyl sites for hydroxylation is 2. The molecule has 0 spiro atoms. The topological polar surface area (TPSA) is 63.4 Å². The van der Waals surface area contributed by atoms with Gasteiger partial charge >= 0.3 is 0 Å². The molecule has 0 aromatic heterocycles. The second-order valence-corrected chi connectivity index (χ2v) is 7.17. The number of benzene rings is 1. The zero-order valence-electron chi connectivity index (χ0n) is 11.7. The molecule has 5 heteroatoms. The van der Waals surface area contributed by atoms with Gasteiger partial charge < -0.3 is 5.73 Å². The Morgan fingerprint density at radius 1 is 1.22 bits per heavy atom. The first kappa shape index (κ1) is 15.0. The number of anilines is 1. The average molecular weight is 270 g/mol. The van der Waals surface area contributed by atoms with Crippen LogP contribution in [0.15, 0.2) is 17.0 Å². The van der Waals surface area contributed by atoms with Gasteiger partial charge in [0.15, 0.2) is 0 Å². The molecule has 0 saturated heterocycles. The predicted octanol–water partition coefficient (Wildman–Crippen LogP) is 2.16. The van der Waals surface area contributed by atoms with Crippen molar-refractivity contribution < 1.29 is 8.42 Å². The number of nitrogens with zero attached hydrogens (tertiary/aromatic N) is 1. The normalized spacial score (nSPS) is 12.4. The maximum absolute atomic E-state index is 12.4. The van der Waals surface area contributed by atoms with Crippen molar-refractivity contribution in [1.29, 1.82) is 0 Å². The number of hydrogen-bond acceptors (Lipinski definition) is 3. The van der Waals surface area contributed by atoms with Gasteiger partial charge in [0.05, 0.1) is 5.69 Å². The molecule has 0 heterocycles. The zero-order valence-corrected chi connectivity index (χ0v) is 12.5. The third-order valence-electron chi connectivity index (χ3n) is 2.94. The van der Waals surface area contributed by atoms with E-state index in [-0.39, 0.29) is 10.8 Å². The molecule has 0 fully saturated rings. The quantitative estimate of drug-likeness (QED) is 0.853. The molecule has 1 rings (SSSR count). The van der Waals surface area contributed by atoms with Crippen LogP contribution in [-0.2, 0) is 10.0 Å². The molecule has 0 atom stereocenters. The standard InChI is InChI=1S/C13H22N2O2S/c1-9(2)8-15(5)18(16,17)13-7-11(4)10(3)6-12(13)14/h6-7,9H,8,14H2,1-5H3. The minimum Gasteiger partial charge on any atom is -0.398 e. The van der Waals surface area contributed by atoms with E-state index in [1.807, 2.05) is 27.7 Å². The van der Waals surface area contributed by atoms with E-state index in [2.05, 4.69) is 0 Å². The Hall–Kier alpha value is -1.07. The molecule has 0 radical (unpaired) electrons. The molecule has 1 aromatic carbocycles. The summed E-state index contributed by atoms with van der Waals surface area (Å²) in [4.78, 5) is 0.203. The molecule has 0 bridgehead atoms. The third-order valence-corrected chi connectivity index (χ3v) is 4.82. The minimum absolute atomic E-state index is 0.203. The molecule has 0 saturated carbocycles. The lowest BCUT2D eigenvalue weighted by molar-refractivity contribution is 0.417. The van der Waals surface area contributed by atoms with Crippen molar-refractivity contribution in [2.75, 3.05) is 19.3 Å². The summed E-state index contributed by atoms with van der Waals surface area (Å²) < 4.78 is 26.2. The molecular weight excluding hydrogens is 248 g/mol. The fourth-order valence-corrected chi connectivity index (χ4v) is 3.33. The van der Waals surface area contributed by atoms with E-state index in [4.69, 9.17) is 5.73 Å². The lowest BCUT2D eigenvalue weighted by atomic mass is 10.1. The van der Waals surface area contributed by atoms with Crippen LogP contribution in [0.3, 0.4) is 0 Å². The minimum atomic E-state index is -3.50. The van der Waals surface area contributed by atoms with Crippen molar-refractivity contribution in [3.63, 3.8) is 0 Å². The van der Waals surface area contributed by atoms with Crippen LogP contribution in [0.1, 0.15) is 25.0 Å². The molecule has 0 amide bonds. The molecule has 0 unspecified atom stereocenters. The lowest BCUT2D eigenvalue weighted by Gasteiger charge is -2.20. The smallest absolute Gasteiger partial charge is 0.244 e. The number of sulfonamides is 1. The van der Waals surface area contributed by atoms with Crippen molar-refractivity contribution in [2.24, 2.45) is 5.92 Å². The molecule has 1 aromatic rings. The fourth-order valence-electron chi connectivity index (χ4n) is 1.82. The van der Waals surface area contributed by atoms with Crippen LogP contribution in [0.25, 0.3) is 0 Å². The molecule has 4 nitrogen and oxygen atoms in total. The van der Waals surface area contributed by atoms with Gasteiger partial charge in [-0.05, 0) is 43.0 Å². The Bertz CT molecular complexity index is 536. The zero-order chi connectivity index (χ0) is 14.1. The van der Waals surface area contributed by atoms with Crippen molar-refractivity contribution >= 4 is 15.7 Å². The van der Waals surface area contributed by atoms with Gasteiger partial charge in [0.1, 0.15) is 4.90 Å². The van der Waals surface area contributed by atoms with Gasteiger partial charge in [-0.3, -0.25) is 0 Å². The Labute approximate surface area is 110 Å². The largest absolute Gasteiger partial charge is 0.398 e. The summed E-state index contributed by atoms with van der Waals surface area (Å²) in [7, 11) is -1.91. The maximum atomic E-state index is 12.4. The third kappa shape index (κ3) is 3.03. The Balaban J connectivity index is 3.24. The summed E-state index contributed by atoms with van der Waals surface area (Å²) in [6.45, 7) is 8.25. The van der Waals surface area contributed by atoms with Gasteiger partial charge in [-0.25, -0.2) is 12.7 Å². The highest BCUT2D eigenvalue weighted by atomic mass is 32.2. The first-order valence-corrected chi connectivity index (χ1v) is 7.43. The first-order valence-electron chi connectivity index (χ1n) is 5.99. The Kier molecular flexibility index (Phi) is 4.40. The Morgan fingerprint density at radius 3 is 2.22 bits per heavy atom. The second-order valence-electron chi connectivity index (χ2n) is 5.15. The maximum Gasteiger partial charge on any atom is 0.244 e. The van der Waals surface area contributed by atoms with Crippen LogP contribution >= 0.6 is 0 Å². The van der Waals surface area contributed by atoms with Gasteiger partial charge in [0.25, 0.3) is 0 Å². The van der Waals surface area contributed by atoms with Gasteiger partial charge in [-0.2, -0.15) is 0 Å². The monoisotopic (exact) mass is 270 g/mol. The van der Waals surface area contributed by atoms with Crippen molar-refractivity contribution in [2.45, 2.75) is 32.6 Å². The molecular formula is C13H22N2O2S. The van der Waals surface area contributed by atoms with E-state index in [0.717, 1.165) is 11.1 Å². The summed E-state index contributed by atoms with van der Waals surface area (Å²) in [6.07, 6.45) is 0. The number of nitrogen functional groups attached to an aromatic ring is 1. The lowest BCUT2D eigenvalue weighted by Crippen LogP contribution is -2.31. The van der Waals surface area contributed by atoms with Gasteiger partial charge in [0, 0.05) is 13.6 Å². The van der Waals surface area contributed by atoms with E-state index < -0.39 is 10.0 Å². The van der Waals surface area contributed by atoms with Crippen LogP contribution in [0.2, 0.25) is 0 Å². The van der Waals surface area contributed by atoms with E-state index >= 15 is 0 Å². The van der Waals surface area contributed by atoms with Crippen LogP contribution in [0.4, 0.5) is 5.69 Å². The molecule has 0 aliphatic rings. The highest BCUT2D eigenvalue weighted by Gasteiger charge is 2.24. The summed E-state index contributed by atoms with van der Waals surface area (Å²) in [5, 5.41) is 0. The van der Waals surface area contributed by atoms with Crippen LogP contribution in [-0.4, -0.2) is 26.3 Å². The highest BCUT2D eigenvalue weighted by molar-refractivity contribution is 7.89. The number of nitrogens with two attached hydrogens (primary N) is 1. The summed E-state index contributed by atoms with van der Waals surface area (Å²) in [5.41, 5.74) is 8.08. The van der Waals surface area contributed by atoms with Crippen LogP contribution < -0.4 is 5.73 Å². The predicted molar refractivity (Wildman–Crippen MR) is 75.0 cm³/mol. The summed E-state index contributed by atoms with van der Waals surface area (Å²) in [6, 6.07) is 3.36. The second kappa shape index (κ2) is 5.28. The van der Waals surface area contributed by atoms with Crippen LogP contribution in [0.5, 0.6) is 0 Å². The summed E-state index contributed by atoms with van der Waals surface area (Å²) in [5.74, 6) is 0.276. The van der Waals surface area contributed by atoms with E-state index in [0.29, 0.717) is 12.2 Å². The van der Waals surface area contributed by atoms with E-state index in [1.165, 1.54) is 4.31 Å². The molecule has 102 valence electrons. The average Bonchev–Trinajstić information content (AvgIpc) is 2.22. The summed E-state index contributed by atoms with van der Waals surface area (Å²) >= 11 is 0. The SMILES string of the molecule is Cc1cc(N)c(S(=O)(=O)N(C)CC(C)C)cc1C. The highest BCUT2D eigenvalue weighted by Crippen LogP contribution is 2.25.